The third-order valence-corrected chi connectivity index (χ3v) is 3.22. The molecule has 0 saturated carbocycles. The molecule has 0 aliphatic carbocycles. The molecule has 0 saturated heterocycles. The lowest BCUT2D eigenvalue weighted by Gasteiger charge is -2.14. The summed E-state index contributed by atoms with van der Waals surface area (Å²) in [5.41, 5.74) is 1.21. The van der Waals surface area contributed by atoms with Crippen molar-refractivity contribution < 1.29 is 4.39 Å². The van der Waals surface area contributed by atoms with Gasteiger partial charge in [0, 0.05) is 13.1 Å². The highest BCUT2D eigenvalue weighted by Gasteiger charge is 2.09. The molecule has 0 radical (unpaired) electrons. The van der Waals surface area contributed by atoms with Crippen LogP contribution in [0.25, 0.3) is 0 Å². The van der Waals surface area contributed by atoms with E-state index in [0.717, 1.165) is 13.0 Å². The van der Waals surface area contributed by atoms with Crippen molar-refractivity contribution in [2.24, 2.45) is 0 Å². The number of hydrogen-bond acceptors (Lipinski definition) is 4. The number of aromatic nitrogens is 2. The molecule has 0 spiro atoms. The zero-order valence-corrected chi connectivity index (χ0v) is 12.4. The van der Waals surface area contributed by atoms with Crippen LogP contribution >= 0.6 is 0 Å². The van der Waals surface area contributed by atoms with Crippen LogP contribution < -0.4 is 10.6 Å². The molecule has 4 nitrogen and oxygen atoms in total. The van der Waals surface area contributed by atoms with Crippen LogP contribution in [0.15, 0.2) is 36.5 Å². The van der Waals surface area contributed by atoms with Crippen LogP contribution in [0.1, 0.15) is 31.7 Å². The van der Waals surface area contributed by atoms with E-state index in [9.17, 15) is 4.39 Å². The first-order valence-corrected chi connectivity index (χ1v) is 7.26. The Bertz CT molecular complexity index is 559. The summed E-state index contributed by atoms with van der Waals surface area (Å²) in [5.74, 6) is 0.532. The smallest absolute Gasteiger partial charge is 0.224 e. The fraction of sp³-hybridized carbons (Fsp3) is 0.375. The van der Waals surface area contributed by atoms with Gasteiger partial charge in [0.25, 0.3) is 0 Å². The third kappa shape index (κ3) is 4.41. The van der Waals surface area contributed by atoms with Crippen molar-refractivity contribution in [3.63, 3.8) is 0 Å². The Morgan fingerprint density at radius 1 is 1.19 bits per heavy atom. The van der Waals surface area contributed by atoms with E-state index in [1.165, 1.54) is 11.8 Å². The Balaban J connectivity index is 1.99. The maximum Gasteiger partial charge on any atom is 0.224 e. The lowest BCUT2D eigenvalue weighted by atomic mass is 10.0. The van der Waals surface area contributed by atoms with Gasteiger partial charge in [-0.1, -0.05) is 44.2 Å². The molecule has 0 amide bonds. The topological polar surface area (TPSA) is 49.8 Å². The van der Waals surface area contributed by atoms with Gasteiger partial charge in [-0.15, -0.1) is 0 Å². The molecule has 0 fully saturated rings. The number of halogens is 1. The maximum absolute atomic E-state index is 13.7. The van der Waals surface area contributed by atoms with Gasteiger partial charge in [-0.05, 0) is 17.9 Å². The van der Waals surface area contributed by atoms with Gasteiger partial charge in [0.05, 0.1) is 6.20 Å². The first-order chi connectivity index (χ1) is 10.2. The number of nitrogens with zero attached hydrogens (tertiary/aromatic N) is 2. The molecular formula is C16H21FN4. The number of nitrogens with one attached hydrogen (secondary N) is 2. The van der Waals surface area contributed by atoms with Crippen LogP contribution in [-0.2, 0) is 0 Å². The van der Waals surface area contributed by atoms with Gasteiger partial charge >= 0.3 is 0 Å². The molecule has 1 aromatic heterocycles. The molecule has 1 aromatic carbocycles. The SMILES string of the molecule is CCCNc1ncc(F)c(NCC(C)c2ccccc2)n1. The largest absolute Gasteiger partial charge is 0.367 e. The molecule has 2 N–H and O–H groups in total. The molecule has 1 atom stereocenters. The summed E-state index contributed by atoms with van der Waals surface area (Å²) in [6, 6.07) is 10.1. The average Bonchev–Trinajstić information content (AvgIpc) is 2.53. The lowest BCUT2D eigenvalue weighted by Crippen LogP contribution is -2.14. The van der Waals surface area contributed by atoms with Gasteiger partial charge in [0.1, 0.15) is 0 Å². The second-order valence-corrected chi connectivity index (χ2v) is 5.01. The Morgan fingerprint density at radius 2 is 1.95 bits per heavy atom. The van der Waals surface area contributed by atoms with Crippen LogP contribution in [0.5, 0.6) is 0 Å². The van der Waals surface area contributed by atoms with Crippen LogP contribution in [0.3, 0.4) is 0 Å². The Kier molecular flexibility index (Phi) is 5.49. The average molecular weight is 288 g/mol. The van der Waals surface area contributed by atoms with E-state index in [-0.39, 0.29) is 11.7 Å². The van der Waals surface area contributed by atoms with Crippen LogP contribution in [0.4, 0.5) is 16.2 Å². The maximum atomic E-state index is 13.7. The summed E-state index contributed by atoms with van der Waals surface area (Å²) in [7, 11) is 0. The Morgan fingerprint density at radius 3 is 2.67 bits per heavy atom. The second kappa shape index (κ2) is 7.57. The van der Waals surface area contributed by atoms with E-state index in [0.29, 0.717) is 12.5 Å². The van der Waals surface area contributed by atoms with Gasteiger partial charge in [-0.3, -0.25) is 0 Å². The molecule has 5 heteroatoms. The molecule has 2 rings (SSSR count). The van der Waals surface area contributed by atoms with Gasteiger partial charge in [-0.25, -0.2) is 9.37 Å². The van der Waals surface area contributed by atoms with Crippen molar-refractivity contribution in [2.75, 3.05) is 23.7 Å². The Hall–Kier alpha value is -2.17. The summed E-state index contributed by atoms with van der Waals surface area (Å²) in [6.07, 6.45) is 2.16. The zero-order chi connectivity index (χ0) is 15.1. The predicted octanol–water partition coefficient (Wildman–Crippen LogP) is 3.65. The monoisotopic (exact) mass is 288 g/mol. The summed E-state index contributed by atoms with van der Waals surface area (Å²) in [5, 5.41) is 6.11. The second-order valence-electron chi connectivity index (χ2n) is 5.01. The molecule has 0 bridgehead atoms. The fourth-order valence-corrected chi connectivity index (χ4v) is 1.96. The van der Waals surface area contributed by atoms with Crippen molar-refractivity contribution in [3.8, 4) is 0 Å². The van der Waals surface area contributed by atoms with Crippen molar-refractivity contribution in [1.29, 1.82) is 0 Å². The first-order valence-electron chi connectivity index (χ1n) is 7.26. The number of benzene rings is 1. The van der Waals surface area contributed by atoms with E-state index in [1.807, 2.05) is 18.2 Å². The van der Waals surface area contributed by atoms with Crippen molar-refractivity contribution in [2.45, 2.75) is 26.2 Å². The molecular weight excluding hydrogens is 267 g/mol. The van der Waals surface area contributed by atoms with Gasteiger partial charge in [0.15, 0.2) is 11.6 Å². The van der Waals surface area contributed by atoms with Crippen LogP contribution in [0.2, 0.25) is 0 Å². The first kappa shape index (κ1) is 15.2. The number of hydrogen-bond donors (Lipinski definition) is 2. The van der Waals surface area contributed by atoms with Gasteiger partial charge in [0.2, 0.25) is 5.95 Å². The highest BCUT2D eigenvalue weighted by atomic mass is 19.1. The highest BCUT2D eigenvalue weighted by molar-refractivity contribution is 5.41. The van der Waals surface area contributed by atoms with Crippen molar-refractivity contribution >= 4 is 11.8 Å². The normalized spacial score (nSPS) is 12.0. The Labute approximate surface area is 124 Å². The van der Waals surface area contributed by atoms with Crippen LogP contribution in [0, 0.1) is 5.82 Å². The van der Waals surface area contributed by atoms with E-state index in [4.69, 9.17) is 0 Å². The van der Waals surface area contributed by atoms with Crippen molar-refractivity contribution in [3.05, 3.63) is 47.9 Å². The van der Waals surface area contributed by atoms with Crippen molar-refractivity contribution in [1.82, 2.24) is 9.97 Å². The fourth-order valence-electron chi connectivity index (χ4n) is 1.96. The van der Waals surface area contributed by atoms with E-state index >= 15 is 0 Å². The van der Waals surface area contributed by atoms with Crippen LogP contribution in [-0.4, -0.2) is 23.1 Å². The summed E-state index contributed by atoms with van der Waals surface area (Å²) in [6.45, 7) is 5.53. The molecule has 21 heavy (non-hydrogen) atoms. The summed E-state index contributed by atoms with van der Waals surface area (Å²) in [4.78, 5) is 8.09. The zero-order valence-electron chi connectivity index (χ0n) is 12.4. The molecule has 1 heterocycles. The summed E-state index contributed by atoms with van der Waals surface area (Å²) < 4.78 is 13.7. The molecule has 0 aliphatic rings. The third-order valence-electron chi connectivity index (χ3n) is 3.22. The van der Waals surface area contributed by atoms with Gasteiger partial charge < -0.3 is 10.6 Å². The lowest BCUT2D eigenvalue weighted by molar-refractivity contribution is 0.615. The van der Waals surface area contributed by atoms with E-state index in [1.54, 1.807) is 0 Å². The summed E-state index contributed by atoms with van der Waals surface area (Å²) >= 11 is 0. The van der Waals surface area contributed by atoms with E-state index < -0.39 is 5.82 Å². The molecule has 2 aromatic rings. The minimum absolute atomic E-state index is 0.242. The van der Waals surface area contributed by atoms with E-state index in [2.05, 4.69) is 46.6 Å². The molecule has 0 aliphatic heterocycles. The predicted molar refractivity (Wildman–Crippen MR) is 84.1 cm³/mol. The minimum Gasteiger partial charge on any atom is -0.367 e. The number of anilines is 2. The molecule has 112 valence electrons. The van der Waals surface area contributed by atoms with Gasteiger partial charge in [-0.2, -0.15) is 4.98 Å². The molecule has 1 unspecified atom stereocenters. The minimum atomic E-state index is -0.433. The standard InChI is InChI=1S/C16H21FN4/c1-3-9-18-16-20-11-14(17)15(21-16)19-10-12(2)13-7-5-4-6-8-13/h4-8,11-12H,3,9-10H2,1-2H3,(H2,18,19,20,21). The highest BCUT2D eigenvalue weighted by Crippen LogP contribution is 2.17. The quantitative estimate of drug-likeness (QED) is 0.816. The number of rotatable bonds is 7.